The summed E-state index contributed by atoms with van der Waals surface area (Å²) in [5, 5.41) is 14.8. The first-order valence-electron chi connectivity index (χ1n) is 6.05. The fourth-order valence-corrected chi connectivity index (χ4v) is 2.28. The summed E-state index contributed by atoms with van der Waals surface area (Å²) in [6, 6.07) is 7.33. The number of amides is 1. The first kappa shape index (κ1) is 13.7. The lowest BCUT2D eigenvalue weighted by molar-refractivity contribution is 0.0924. The Kier molecular flexibility index (Phi) is 4.29. The van der Waals surface area contributed by atoms with Crippen LogP contribution in [0.2, 0.25) is 0 Å². The van der Waals surface area contributed by atoms with Gasteiger partial charge in [0.05, 0.1) is 16.8 Å². The Morgan fingerprint density at radius 1 is 1.53 bits per heavy atom. The summed E-state index contributed by atoms with van der Waals surface area (Å²) in [5.74, 6) is -0.185. The molecule has 1 heterocycles. The van der Waals surface area contributed by atoms with E-state index < -0.39 is 6.10 Å². The van der Waals surface area contributed by atoms with Gasteiger partial charge in [-0.25, -0.2) is 4.98 Å². The topological polar surface area (TPSA) is 62.2 Å². The van der Waals surface area contributed by atoms with Gasteiger partial charge in [-0.1, -0.05) is 12.1 Å². The van der Waals surface area contributed by atoms with Crippen LogP contribution in [-0.2, 0) is 0 Å². The minimum absolute atomic E-state index is 0.185. The molecule has 0 radical (unpaired) electrons. The highest BCUT2D eigenvalue weighted by Crippen LogP contribution is 2.22. The van der Waals surface area contributed by atoms with Crippen LogP contribution in [0, 0.1) is 6.92 Å². The highest BCUT2D eigenvalue weighted by Gasteiger charge is 2.09. The van der Waals surface area contributed by atoms with Gasteiger partial charge < -0.3 is 10.4 Å². The Bertz CT molecular complexity index is 578. The van der Waals surface area contributed by atoms with Gasteiger partial charge >= 0.3 is 0 Å². The molecule has 0 saturated heterocycles. The second-order valence-corrected chi connectivity index (χ2v) is 5.45. The summed E-state index contributed by atoms with van der Waals surface area (Å²) >= 11 is 1.58. The van der Waals surface area contributed by atoms with E-state index in [-0.39, 0.29) is 12.5 Å². The Labute approximate surface area is 116 Å². The minimum atomic E-state index is -0.548. The monoisotopic (exact) mass is 276 g/mol. The Morgan fingerprint density at radius 2 is 2.32 bits per heavy atom. The van der Waals surface area contributed by atoms with Crippen molar-refractivity contribution < 1.29 is 9.90 Å². The molecule has 1 aromatic carbocycles. The highest BCUT2D eigenvalue weighted by molar-refractivity contribution is 7.09. The molecule has 100 valence electrons. The lowest BCUT2D eigenvalue weighted by atomic mass is 10.1. The van der Waals surface area contributed by atoms with Crippen molar-refractivity contribution in [3.8, 4) is 11.3 Å². The van der Waals surface area contributed by atoms with Crippen LogP contribution in [0.3, 0.4) is 0 Å². The largest absolute Gasteiger partial charge is 0.392 e. The normalized spacial score (nSPS) is 12.2. The molecule has 1 aromatic heterocycles. The van der Waals surface area contributed by atoms with Crippen LogP contribution in [0.1, 0.15) is 22.3 Å². The molecule has 0 spiro atoms. The zero-order chi connectivity index (χ0) is 13.8. The molecule has 0 aliphatic carbocycles. The third-order valence-electron chi connectivity index (χ3n) is 2.60. The van der Waals surface area contributed by atoms with Crippen LogP contribution in [0.15, 0.2) is 29.6 Å². The molecular weight excluding hydrogens is 260 g/mol. The third-order valence-corrected chi connectivity index (χ3v) is 3.37. The van der Waals surface area contributed by atoms with Crippen molar-refractivity contribution in [1.82, 2.24) is 10.3 Å². The first-order valence-corrected chi connectivity index (χ1v) is 6.93. The maximum atomic E-state index is 11.9. The van der Waals surface area contributed by atoms with E-state index in [4.69, 9.17) is 5.11 Å². The molecule has 0 aliphatic heterocycles. The van der Waals surface area contributed by atoms with Gasteiger partial charge in [0, 0.05) is 23.1 Å². The number of hydrogen-bond donors (Lipinski definition) is 2. The molecule has 1 atom stereocenters. The number of nitrogens with zero attached hydrogens (tertiary/aromatic N) is 1. The number of aromatic nitrogens is 1. The zero-order valence-electron chi connectivity index (χ0n) is 10.9. The lowest BCUT2D eigenvalue weighted by Crippen LogP contribution is -2.30. The average Bonchev–Trinajstić information content (AvgIpc) is 2.83. The molecule has 4 nitrogen and oxygen atoms in total. The van der Waals surface area contributed by atoms with Gasteiger partial charge in [-0.2, -0.15) is 0 Å². The van der Waals surface area contributed by atoms with Crippen molar-refractivity contribution in [2.45, 2.75) is 20.0 Å². The van der Waals surface area contributed by atoms with Crippen LogP contribution >= 0.6 is 11.3 Å². The summed E-state index contributed by atoms with van der Waals surface area (Å²) in [4.78, 5) is 16.3. The molecule has 5 heteroatoms. The predicted molar refractivity (Wildman–Crippen MR) is 76.3 cm³/mol. The molecule has 19 heavy (non-hydrogen) atoms. The number of aliphatic hydroxyl groups is 1. The number of carbonyl (C=O) groups excluding carboxylic acids is 1. The summed E-state index contributed by atoms with van der Waals surface area (Å²) in [7, 11) is 0. The van der Waals surface area contributed by atoms with Crippen LogP contribution in [0.5, 0.6) is 0 Å². The third kappa shape index (κ3) is 3.62. The summed E-state index contributed by atoms with van der Waals surface area (Å²) in [5.41, 5.74) is 2.38. The van der Waals surface area contributed by atoms with Crippen molar-refractivity contribution in [3.63, 3.8) is 0 Å². The predicted octanol–water partition coefficient (Wildman–Crippen LogP) is 2.23. The zero-order valence-corrected chi connectivity index (χ0v) is 11.7. The van der Waals surface area contributed by atoms with Crippen molar-refractivity contribution in [2.24, 2.45) is 0 Å². The Hall–Kier alpha value is -1.72. The smallest absolute Gasteiger partial charge is 0.251 e. The van der Waals surface area contributed by atoms with Crippen molar-refractivity contribution in [3.05, 3.63) is 40.2 Å². The van der Waals surface area contributed by atoms with Crippen molar-refractivity contribution in [2.75, 3.05) is 6.54 Å². The van der Waals surface area contributed by atoms with Crippen LogP contribution in [-0.4, -0.2) is 28.6 Å². The molecular formula is C14H16N2O2S. The maximum absolute atomic E-state index is 11.9. The SMILES string of the molecule is Cc1nc(-c2cccc(C(=O)NCC(C)O)c2)cs1. The molecule has 2 rings (SSSR count). The molecule has 0 aliphatic rings. The van der Waals surface area contributed by atoms with E-state index in [0.717, 1.165) is 16.3 Å². The van der Waals surface area contributed by atoms with E-state index in [9.17, 15) is 4.79 Å². The number of rotatable bonds is 4. The molecule has 2 N–H and O–H groups in total. The van der Waals surface area contributed by atoms with Crippen LogP contribution < -0.4 is 5.32 Å². The van der Waals surface area contributed by atoms with Crippen molar-refractivity contribution >= 4 is 17.2 Å². The molecule has 0 saturated carbocycles. The van der Waals surface area contributed by atoms with E-state index in [1.807, 2.05) is 30.5 Å². The average molecular weight is 276 g/mol. The highest BCUT2D eigenvalue weighted by atomic mass is 32.1. The molecule has 2 aromatic rings. The molecule has 1 amide bonds. The number of benzene rings is 1. The van der Waals surface area contributed by atoms with Gasteiger partial charge in [0.25, 0.3) is 5.91 Å². The lowest BCUT2D eigenvalue weighted by Gasteiger charge is -2.07. The van der Waals surface area contributed by atoms with E-state index in [0.29, 0.717) is 5.56 Å². The van der Waals surface area contributed by atoms with Crippen LogP contribution in [0.4, 0.5) is 0 Å². The number of hydrogen-bond acceptors (Lipinski definition) is 4. The van der Waals surface area contributed by atoms with Gasteiger partial charge in [-0.05, 0) is 26.0 Å². The van der Waals surface area contributed by atoms with Gasteiger partial charge in [0.15, 0.2) is 0 Å². The number of aryl methyl sites for hydroxylation is 1. The minimum Gasteiger partial charge on any atom is -0.392 e. The van der Waals surface area contributed by atoms with Gasteiger partial charge in [0.1, 0.15) is 0 Å². The molecule has 0 fully saturated rings. The second-order valence-electron chi connectivity index (χ2n) is 4.39. The number of carbonyl (C=O) groups is 1. The van der Waals surface area contributed by atoms with Gasteiger partial charge in [-0.15, -0.1) is 11.3 Å². The Morgan fingerprint density at radius 3 is 2.95 bits per heavy atom. The van der Waals surface area contributed by atoms with E-state index in [1.165, 1.54) is 0 Å². The summed E-state index contributed by atoms with van der Waals surface area (Å²) in [6.45, 7) is 3.83. The fourth-order valence-electron chi connectivity index (χ4n) is 1.66. The van der Waals surface area contributed by atoms with Crippen LogP contribution in [0.25, 0.3) is 11.3 Å². The van der Waals surface area contributed by atoms with E-state index in [1.54, 1.807) is 24.3 Å². The van der Waals surface area contributed by atoms with E-state index >= 15 is 0 Å². The quantitative estimate of drug-likeness (QED) is 0.900. The molecule has 1 unspecified atom stereocenters. The maximum Gasteiger partial charge on any atom is 0.251 e. The van der Waals surface area contributed by atoms with E-state index in [2.05, 4.69) is 10.3 Å². The first-order chi connectivity index (χ1) is 9.06. The van der Waals surface area contributed by atoms with Crippen molar-refractivity contribution in [1.29, 1.82) is 0 Å². The second kappa shape index (κ2) is 5.95. The summed E-state index contributed by atoms with van der Waals surface area (Å²) < 4.78 is 0. The number of nitrogens with one attached hydrogen (secondary N) is 1. The Balaban J connectivity index is 2.17. The standard InChI is InChI=1S/C14H16N2O2S/c1-9(17)7-15-14(18)12-5-3-4-11(6-12)13-8-19-10(2)16-13/h3-6,8-9,17H,7H2,1-2H3,(H,15,18). The molecule has 0 bridgehead atoms. The fraction of sp³-hybridized carbons (Fsp3) is 0.286. The van der Waals surface area contributed by atoms with Gasteiger partial charge in [0.2, 0.25) is 0 Å². The summed E-state index contributed by atoms with van der Waals surface area (Å²) in [6.07, 6.45) is -0.548. The van der Waals surface area contributed by atoms with Gasteiger partial charge in [-0.3, -0.25) is 4.79 Å². The number of aliphatic hydroxyl groups excluding tert-OH is 1. The number of thiazole rings is 1.